The van der Waals surface area contributed by atoms with Crippen LogP contribution in [0.2, 0.25) is 0 Å². The van der Waals surface area contributed by atoms with E-state index in [4.69, 9.17) is 0 Å². The van der Waals surface area contributed by atoms with E-state index in [9.17, 15) is 0 Å². The molecule has 0 fully saturated rings. The summed E-state index contributed by atoms with van der Waals surface area (Å²) in [6.07, 6.45) is 11.7. The van der Waals surface area contributed by atoms with E-state index in [1.807, 2.05) is 16.9 Å². The van der Waals surface area contributed by atoms with Crippen LogP contribution in [0.3, 0.4) is 0 Å². The normalized spacial score (nSPS) is 12.3. The minimum Gasteiger partial charge on any atom is -0.383 e. The summed E-state index contributed by atoms with van der Waals surface area (Å²) >= 11 is 0. The van der Waals surface area contributed by atoms with Crippen molar-refractivity contribution in [1.82, 2.24) is 9.78 Å². The van der Waals surface area contributed by atoms with Gasteiger partial charge in [0.2, 0.25) is 0 Å². The molecule has 0 aliphatic rings. The van der Waals surface area contributed by atoms with E-state index in [0.717, 1.165) is 5.69 Å². The second kappa shape index (κ2) is 8.50. The first-order valence-corrected chi connectivity index (χ1v) is 8.16. The fraction of sp³-hybridized carbons (Fsp3) is 0.500. The zero-order valence-electron chi connectivity index (χ0n) is 13.3. The van der Waals surface area contributed by atoms with Gasteiger partial charge >= 0.3 is 0 Å². The molecule has 1 atom stereocenters. The Morgan fingerprint density at radius 3 is 2.52 bits per heavy atom. The van der Waals surface area contributed by atoms with Crippen LogP contribution in [0.1, 0.15) is 52.4 Å². The zero-order valence-corrected chi connectivity index (χ0v) is 13.3. The van der Waals surface area contributed by atoms with Gasteiger partial charge in [-0.1, -0.05) is 39.0 Å². The van der Waals surface area contributed by atoms with E-state index in [1.54, 1.807) is 6.20 Å². The number of hydrogen-bond donors (Lipinski definition) is 1. The summed E-state index contributed by atoms with van der Waals surface area (Å²) in [6.45, 7) is 4.53. The predicted octanol–water partition coefficient (Wildman–Crippen LogP) is 5.03. The molecule has 1 unspecified atom stereocenters. The monoisotopic (exact) mass is 285 g/mol. The molecule has 2 rings (SSSR count). The van der Waals surface area contributed by atoms with Crippen LogP contribution in [0.4, 0.5) is 5.69 Å². The minimum atomic E-state index is 0.530. The molecule has 0 amide bonds. The van der Waals surface area contributed by atoms with Crippen LogP contribution in [-0.4, -0.2) is 15.8 Å². The van der Waals surface area contributed by atoms with Crippen molar-refractivity contribution in [1.29, 1.82) is 0 Å². The highest BCUT2D eigenvalue weighted by atomic mass is 15.3. The molecule has 1 aromatic heterocycles. The Morgan fingerprint density at radius 1 is 1.10 bits per heavy atom. The second-order valence-corrected chi connectivity index (χ2v) is 5.75. The van der Waals surface area contributed by atoms with Crippen molar-refractivity contribution in [2.24, 2.45) is 0 Å². The lowest BCUT2D eigenvalue weighted by atomic mass is 10.1. The standard InChI is InChI=1S/C18H27N3/c1-3-4-5-6-7-9-16(2)20-17-10-12-18(13-11-17)21-15-8-14-19-21/h8,10-16,20H,3-7,9H2,1-2H3. The predicted molar refractivity (Wildman–Crippen MR) is 90.0 cm³/mol. The summed E-state index contributed by atoms with van der Waals surface area (Å²) in [6, 6.07) is 10.9. The molecule has 3 heteroatoms. The van der Waals surface area contributed by atoms with Gasteiger partial charge in [-0.3, -0.25) is 0 Å². The van der Waals surface area contributed by atoms with Crippen LogP contribution >= 0.6 is 0 Å². The first-order chi connectivity index (χ1) is 10.3. The van der Waals surface area contributed by atoms with Gasteiger partial charge in [0.15, 0.2) is 0 Å². The van der Waals surface area contributed by atoms with Gasteiger partial charge in [-0.25, -0.2) is 4.68 Å². The topological polar surface area (TPSA) is 29.9 Å². The first kappa shape index (κ1) is 15.6. The Bertz CT molecular complexity index is 488. The largest absolute Gasteiger partial charge is 0.383 e. The van der Waals surface area contributed by atoms with Crippen molar-refractivity contribution in [2.45, 2.75) is 58.4 Å². The maximum absolute atomic E-state index is 4.24. The Kier molecular flexibility index (Phi) is 6.32. The third-order valence-corrected chi connectivity index (χ3v) is 3.79. The molecule has 0 saturated heterocycles. The van der Waals surface area contributed by atoms with E-state index < -0.39 is 0 Å². The van der Waals surface area contributed by atoms with Gasteiger partial charge in [0, 0.05) is 24.1 Å². The maximum atomic E-state index is 4.24. The van der Waals surface area contributed by atoms with Crippen LogP contribution in [0.25, 0.3) is 5.69 Å². The molecule has 0 aliphatic heterocycles. The van der Waals surface area contributed by atoms with Crippen molar-refractivity contribution in [3.63, 3.8) is 0 Å². The number of nitrogens with zero attached hydrogens (tertiary/aromatic N) is 2. The molecular weight excluding hydrogens is 258 g/mol. The molecule has 1 heterocycles. The number of aromatic nitrogens is 2. The van der Waals surface area contributed by atoms with Crippen molar-refractivity contribution >= 4 is 5.69 Å². The van der Waals surface area contributed by atoms with E-state index in [0.29, 0.717) is 6.04 Å². The third kappa shape index (κ3) is 5.25. The molecule has 2 aromatic rings. The van der Waals surface area contributed by atoms with Gasteiger partial charge in [0.1, 0.15) is 0 Å². The van der Waals surface area contributed by atoms with Crippen molar-refractivity contribution in [2.75, 3.05) is 5.32 Å². The minimum absolute atomic E-state index is 0.530. The summed E-state index contributed by atoms with van der Waals surface area (Å²) in [5.41, 5.74) is 2.28. The quantitative estimate of drug-likeness (QED) is 0.655. The van der Waals surface area contributed by atoms with Crippen LogP contribution in [0, 0.1) is 0 Å². The van der Waals surface area contributed by atoms with E-state index in [-0.39, 0.29) is 0 Å². The van der Waals surface area contributed by atoms with Gasteiger partial charge in [-0.05, 0) is 43.7 Å². The number of unbranched alkanes of at least 4 members (excludes halogenated alkanes) is 4. The highest BCUT2D eigenvalue weighted by Gasteiger charge is 2.02. The number of hydrogen-bond acceptors (Lipinski definition) is 2. The average molecular weight is 285 g/mol. The van der Waals surface area contributed by atoms with E-state index in [1.165, 1.54) is 44.2 Å². The molecular formula is C18H27N3. The Labute approximate surface area is 128 Å². The van der Waals surface area contributed by atoms with Gasteiger partial charge in [0.05, 0.1) is 5.69 Å². The maximum Gasteiger partial charge on any atom is 0.0647 e. The van der Waals surface area contributed by atoms with Gasteiger partial charge < -0.3 is 5.32 Å². The van der Waals surface area contributed by atoms with Crippen LogP contribution in [0.5, 0.6) is 0 Å². The fourth-order valence-electron chi connectivity index (χ4n) is 2.54. The molecule has 0 saturated carbocycles. The van der Waals surface area contributed by atoms with Crippen LogP contribution in [0.15, 0.2) is 42.7 Å². The number of rotatable bonds is 9. The Morgan fingerprint density at radius 2 is 1.86 bits per heavy atom. The highest BCUT2D eigenvalue weighted by Crippen LogP contribution is 2.15. The smallest absolute Gasteiger partial charge is 0.0647 e. The number of nitrogens with one attached hydrogen (secondary N) is 1. The molecule has 0 spiro atoms. The molecule has 114 valence electrons. The molecule has 3 nitrogen and oxygen atoms in total. The first-order valence-electron chi connectivity index (χ1n) is 8.16. The average Bonchev–Trinajstić information content (AvgIpc) is 3.02. The molecule has 0 bridgehead atoms. The summed E-state index contributed by atoms with van der Waals surface area (Å²) in [4.78, 5) is 0. The SMILES string of the molecule is CCCCCCCC(C)Nc1ccc(-n2cccn2)cc1. The Balaban J connectivity index is 1.75. The van der Waals surface area contributed by atoms with Gasteiger partial charge in [0.25, 0.3) is 0 Å². The van der Waals surface area contributed by atoms with E-state index >= 15 is 0 Å². The lowest BCUT2D eigenvalue weighted by Crippen LogP contribution is -2.14. The Hall–Kier alpha value is -1.77. The van der Waals surface area contributed by atoms with E-state index in [2.05, 4.69) is 48.5 Å². The third-order valence-electron chi connectivity index (χ3n) is 3.79. The molecule has 1 N–H and O–H groups in total. The lowest BCUT2D eigenvalue weighted by molar-refractivity contribution is 0.578. The summed E-state index contributed by atoms with van der Waals surface area (Å²) < 4.78 is 1.88. The van der Waals surface area contributed by atoms with Crippen molar-refractivity contribution < 1.29 is 0 Å². The number of anilines is 1. The molecule has 21 heavy (non-hydrogen) atoms. The summed E-state index contributed by atoms with van der Waals surface area (Å²) in [5, 5.41) is 7.81. The molecule has 0 radical (unpaired) electrons. The summed E-state index contributed by atoms with van der Waals surface area (Å²) in [5.74, 6) is 0. The second-order valence-electron chi connectivity index (χ2n) is 5.75. The molecule has 1 aromatic carbocycles. The van der Waals surface area contributed by atoms with Gasteiger partial charge in [-0.15, -0.1) is 0 Å². The van der Waals surface area contributed by atoms with Crippen molar-refractivity contribution in [3.05, 3.63) is 42.7 Å². The zero-order chi connectivity index (χ0) is 14.9. The van der Waals surface area contributed by atoms with Gasteiger partial charge in [-0.2, -0.15) is 5.10 Å². The van der Waals surface area contributed by atoms with Crippen LogP contribution < -0.4 is 5.32 Å². The molecule has 0 aliphatic carbocycles. The fourth-order valence-corrected chi connectivity index (χ4v) is 2.54. The highest BCUT2D eigenvalue weighted by molar-refractivity contribution is 5.48. The lowest BCUT2D eigenvalue weighted by Gasteiger charge is -2.15. The van der Waals surface area contributed by atoms with Crippen LogP contribution in [-0.2, 0) is 0 Å². The summed E-state index contributed by atoms with van der Waals surface area (Å²) in [7, 11) is 0. The van der Waals surface area contributed by atoms with Crippen molar-refractivity contribution in [3.8, 4) is 5.69 Å². The number of benzene rings is 1.